The largest absolute Gasteiger partial charge is 0.417 e. The number of hydrogen-bond acceptors (Lipinski definition) is 8. The molecule has 1 fully saturated rings. The maximum Gasteiger partial charge on any atom is 0.417 e. The Balaban J connectivity index is 1.46. The summed E-state index contributed by atoms with van der Waals surface area (Å²) in [5.41, 5.74) is -0.792. The zero-order valence-electron chi connectivity index (χ0n) is 21.7. The topological polar surface area (TPSA) is 117 Å². The van der Waals surface area contributed by atoms with Crippen LogP contribution < -0.4 is 15.5 Å². The van der Waals surface area contributed by atoms with Gasteiger partial charge in [-0.1, -0.05) is 12.1 Å². The molecule has 1 amide bonds. The lowest BCUT2D eigenvalue weighted by Crippen LogP contribution is -2.40. The van der Waals surface area contributed by atoms with Crippen molar-refractivity contribution in [3.8, 4) is 0 Å². The van der Waals surface area contributed by atoms with Gasteiger partial charge >= 0.3 is 6.18 Å². The summed E-state index contributed by atoms with van der Waals surface area (Å²) in [4.78, 5) is 26.8. The Morgan fingerprint density at radius 2 is 1.67 bits per heavy atom. The molecule has 3 aromatic rings. The highest BCUT2D eigenvalue weighted by molar-refractivity contribution is 7.91. The van der Waals surface area contributed by atoms with Crippen LogP contribution in [0.3, 0.4) is 0 Å². The van der Waals surface area contributed by atoms with E-state index in [1.807, 2.05) is 32.0 Å². The van der Waals surface area contributed by atoms with Crippen LogP contribution in [-0.4, -0.2) is 55.5 Å². The van der Waals surface area contributed by atoms with Crippen molar-refractivity contribution in [2.24, 2.45) is 0 Å². The molecule has 39 heavy (non-hydrogen) atoms. The molecule has 1 aromatic carbocycles. The molecule has 2 N–H and O–H groups in total. The smallest absolute Gasteiger partial charge is 0.363 e. The zero-order chi connectivity index (χ0) is 28.4. The molecule has 0 aliphatic heterocycles. The van der Waals surface area contributed by atoms with E-state index in [0.717, 1.165) is 29.8 Å². The number of hydrogen-bond donors (Lipinski definition) is 2. The molecule has 208 valence electrons. The van der Waals surface area contributed by atoms with Crippen LogP contribution in [0, 0.1) is 6.92 Å². The van der Waals surface area contributed by atoms with Gasteiger partial charge in [-0.25, -0.2) is 18.4 Å². The maximum atomic E-state index is 13.5. The van der Waals surface area contributed by atoms with E-state index in [2.05, 4.69) is 25.6 Å². The lowest BCUT2D eigenvalue weighted by Gasteiger charge is -2.30. The van der Waals surface area contributed by atoms with Crippen molar-refractivity contribution in [2.75, 3.05) is 24.3 Å². The molecule has 1 saturated carbocycles. The fraction of sp³-hybridized carbons (Fsp3) is 0.385. The van der Waals surface area contributed by atoms with Crippen molar-refractivity contribution in [1.82, 2.24) is 20.3 Å². The quantitative estimate of drug-likeness (QED) is 0.439. The van der Waals surface area contributed by atoms with Gasteiger partial charge in [-0.2, -0.15) is 18.2 Å². The van der Waals surface area contributed by atoms with E-state index in [1.165, 1.54) is 18.2 Å². The van der Waals surface area contributed by atoms with Crippen molar-refractivity contribution >= 4 is 27.5 Å². The first-order valence-corrected chi connectivity index (χ1v) is 13.8. The number of aromatic nitrogens is 3. The second kappa shape index (κ2) is 11.2. The molecule has 9 nitrogen and oxygen atoms in total. The second-order valence-corrected chi connectivity index (χ2v) is 11.4. The molecule has 4 rings (SSSR count). The van der Waals surface area contributed by atoms with Crippen LogP contribution in [0.4, 0.5) is 24.9 Å². The van der Waals surface area contributed by atoms with Gasteiger partial charge in [0.25, 0.3) is 5.91 Å². The number of benzene rings is 1. The average molecular weight is 563 g/mol. The molecule has 2 aromatic heterocycles. The molecule has 0 spiro atoms. The number of nitrogens with zero attached hydrogens (tertiary/aromatic N) is 4. The average Bonchev–Trinajstić information content (AvgIpc) is 2.89. The van der Waals surface area contributed by atoms with Crippen molar-refractivity contribution in [3.05, 3.63) is 65.5 Å². The molecule has 0 bridgehead atoms. The first-order chi connectivity index (χ1) is 18.4. The van der Waals surface area contributed by atoms with E-state index < -0.39 is 37.4 Å². The van der Waals surface area contributed by atoms with Crippen LogP contribution in [0.1, 0.15) is 47.3 Å². The van der Waals surface area contributed by atoms with Crippen molar-refractivity contribution in [2.45, 2.75) is 60.8 Å². The molecular weight excluding hydrogens is 533 g/mol. The van der Waals surface area contributed by atoms with E-state index in [9.17, 15) is 26.4 Å². The highest BCUT2D eigenvalue weighted by Crippen LogP contribution is 2.36. The zero-order valence-corrected chi connectivity index (χ0v) is 22.5. The molecule has 0 radical (unpaired) electrons. The lowest BCUT2D eigenvalue weighted by molar-refractivity contribution is -0.139. The van der Waals surface area contributed by atoms with Gasteiger partial charge in [0, 0.05) is 44.1 Å². The predicted octanol–water partition coefficient (Wildman–Crippen LogP) is 4.25. The van der Waals surface area contributed by atoms with E-state index in [0.29, 0.717) is 37.7 Å². The highest BCUT2D eigenvalue weighted by Gasteiger charge is 2.39. The summed E-state index contributed by atoms with van der Waals surface area (Å²) < 4.78 is 67.1. The molecule has 0 atom stereocenters. The normalized spacial score (nSPS) is 17.9. The number of halogens is 3. The molecule has 1 aliphatic carbocycles. The summed E-state index contributed by atoms with van der Waals surface area (Å²) in [6, 6.07) is 8.18. The number of anilines is 2. The number of alkyl halides is 3. The summed E-state index contributed by atoms with van der Waals surface area (Å²) >= 11 is 0. The summed E-state index contributed by atoms with van der Waals surface area (Å²) in [6.45, 7) is 1.89. The second-order valence-electron chi connectivity index (χ2n) is 9.61. The first kappa shape index (κ1) is 28.3. The standard InChI is InChI=1S/C26H29F3N6O3S/c1-16-15-22(35(2)3)34-25(31-16)33-18-12-10-17(11-13-18)32-23(36)19-7-6-14-30-24(19)39(37,38)21-9-5-4-8-20(21)26(27,28)29/h4-9,14-15,17-18H,10-13H2,1-3H3,(H,32,36)(H,31,33,34). The number of pyridine rings is 1. The Labute approximate surface area is 224 Å². The maximum absolute atomic E-state index is 13.5. The van der Waals surface area contributed by atoms with Gasteiger partial charge in [0.15, 0.2) is 5.03 Å². The van der Waals surface area contributed by atoms with Crippen molar-refractivity contribution in [3.63, 3.8) is 0 Å². The minimum atomic E-state index is -4.90. The van der Waals surface area contributed by atoms with Crippen LogP contribution in [0.5, 0.6) is 0 Å². The van der Waals surface area contributed by atoms with Crippen molar-refractivity contribution in [1.29, 1.82) is 0 Å². The van der Waals surface area contributed by atoms with Crippen LogP contribution in [0.25, 0.3) is 0 Å². The summed E-state index contributed by atoms with van der Waals surface area (Å²) in [5, 5.41) is 5.45. The lowest BCUT2D eigenvalue weighted by atomic mass is 9.91. The number of sulfone groups is 1. The van der Waals surface area contributed by atoms with E-state index in [4.69, 9.17) is 0 Å². The molecule has 13 heteroatoms. The Morgan fingerprint density at radius 1 is 1.00 bits per heavy atom. The third kappa shape index (κ3) is 6.47. The van der Waals surface area contributed by atoms with Gasteiger partial charge in [0.1, 0.15) is 5.82 Å². The molecule has 0 unspecified atom stereocenters. The number of carbonyl (C=O) groups excluding carboxylic acids is 1. The van der Waals surface area contributed by atoms with E-state index >= 15 is 0 Å². The molecular formula is C26H29F3N6O3S. The number of rotatable bonds is 7. The van der Waals surface area contributed by atoms with Crippen molar-refractivity contribution < 1.29 is 26.4 Å². The predicted molar refractivity (Wildman–Crippen MR) is 139 cm³/mol. The molecule has 0 saturated heterocycles. The number of nitrogens with one attached hydrogen (secondary N) is 2. The summed E-state index contributed by atoms with van der Waals surface area (Å²) in [6.07, 6.45) is -1.14. The monoisotopic (exact) mass is 562 g/mol. The summed E-state index contributed by atoms with van der Waals surface area (Å²) in [5.74, 6) is 0.599. The Bertz CT molecular complexity index is 1460. The molecule has 2 heterocycles. The minimum absolute atomic E-state index is 0.0863. The third-order valence-corrected chi connectivity index (χ3v) is 8.22. The third-order valence-electron chi connectivity index (χ3n) is 6.45. The van der Waals surface area contributed by atoms with Gasteiger partial charge < -0.3 is 15.5 Å². The van der Waals surface area contributed by atoms with E-state index in [-0.39, 0.29) is 17.6 Å². The van der Waals surface area contributed by atoms with Gasteiger partial charge in [0.2, 0.25) is 15.8 Å². The summed E-state index contributed by atoms with van der Waals surface area (Å²) in [7, 11) is -0.953. The Kier molecular flexibility index (Phi) is 8.09. The first-order valence-electron chi connectivity index (χ1n) is 12.3. The fourth-order valence-corrected chi connectivity index (χ4v) is 6.08. The molecule has 1 aliphatic rings. The van der Waals surface area contributed by atoms with Crippen LogP contribution >= 0.6 is 0 Å². The van der Waals surface area contributed by atoms with Gasteiger partial charge in [-0.15, -0.1) is 0 Å². The van der Waals surface area contributed by atoms with Crippen LogP contribution in [0.15, 0.2) is 58.6 Å². The highest BCUT2D eigenvalue weighted by atomic mass is 32.2. The number of aryl methyl sites for hydroxylation is 1. The SMILES string of the molecule is Cc1cc(N(C)C)nc(NC2CCC(NC(=O)c3cccnc3S(=O)(=O)c3ccccc3C(F)(F)F)CC2)n1. The van der Waals surface area contributed by atoms with Gasteiger partial charge in [-0.05, 0) is 56.9 Å². The Hall–Kier alpha value is -3.74. The van der Waals surface area contributed by atoms with Crippen LogP contribution in [0.2, 0.25) is 0 Å². The van der Waals surface area contributed by atoms with Gasteiger partial charge in [-0.3, -0.25) is 4.79 Å². The minimum Gasteiger partial charge on any atom is -0.363 e. The Morgan fingerprint density at radius 3 is 2.33 bits per heavy atom. The van der Waals surface area contributed by atoms with Crippen LogP contribution in [-0.2, 0) is 16.0 Å². The number of amides is 1. The number of carbonyl (C=O) groups is 1. The van der Waals surface area contributed by atoms with Gasteiger partial charge in [0.05, 0.1) is 16.0 Å². The fourth-order valence-electron chi connectivity index (χ4n) is 4.49. The van der Waals surface area contributed by atoms with E-state index in [1.54, 1.807) is 0 Å².